The van der Waals surface area contributed by atoms with Crippen molar-refractivity contribution in [2.45, 2.75) is 0 Å². The summed E-state index contributed by atoms with van der Waals surface area (Å²) in [6.07, 6.45) is 0. The summed E-state index contributed by atoms with van der Waals surface area (Å²) in [6, 6.07) is 12.6. The van der Waals surface area contributed by atoms with Gasteiger partial charge in [-0.15, -0.1) is 0 Å². The number of methoxy groups -OCH3 is 2. The molecular formula is C24H30N2O4. The van der Waals surface area contributed by atoms with Crippen LogP contribution in [0, 0.1) is 0 Å². The molecule has 2 heterocycles. The molecule has 4 rings (SSSR count). The van der Waals surface area contributed by atoms with Gasteiger partial charge in [0.15, 0.2) is 0 Å². The molecule has 2 saturated heterocycles. The minimum Gasteiger partial charge on any atom is -0.496 e. The van der Waals surface area contributed by atoms with E-state index in [-0.39, 0.29) is 0 Å². The quantitative estimate of drug-likeness (QED) is 0.727. The Balaban J connectivity index is 1.61. The van der Waals surface area contributed by atoms with Crippen LogP contribution in [0.25, 0.3) is 5.57 Å². The van der Waals surface area contributed by atoms with Gasteiger partial charge in [-0.1, -0.05) is 6.58 Å². The molecule has 160 valence electrons. The summed E-state index contributed by atoms with van der Waals surface area (Å²) in [4.78, 5) is 4.63. The number of ether oxygens (including phenoxy) is 4. The van der Waals surface area contributed by atoms with Crippen molar-refractivity contribution in [3.05, 3.63) is 54.1 Å². The van der Waals surface area contributed by atoms with Crippen molar-refractivity contribution in [1.82, 2.24) is 0 Å². The monoisotopic (exact) mass is 410 g/mol. The van der Waals surface area contributed by atoms with E-state index >= 15 is 0 Å². The Hall–Kier alpha value is -2.70. The lowest BCUT2D eigenvalue weighted by atomic mass is 9.96. The molecule has 0 saturated carbocycles. The summed E-state index contributed by atoms with van der Waals surface area (Å²) in [5.41, 5.74) is 5.09. The molecular weight excluding hydrogens is 380 g/mol. The zero-order valence-electron chi connectivity index (χ0n) is 17.9. The van der Waals surface area contributed by atoms with Gasteiger partial charge in [0, 0.05) is 60.8 Å². The van der Waals surface area contributed by atoms with Gasteiger partial charge < -0.3 is 28.7 Å². The maximum absolute atomic E-state index is 5.73. The first-order valence-corrected chi connectivity index (χ1v) is 10.4. The molecule has 2 aliphatic heterocycles. The fraction of sp³-hybridized carbons (Fsp3) is 0.417. The van der Waals surface area contributed by atoms with E-state index in [1.54, 1.807) is 14.2 Å². The highest BCUT2D eigenvalue weighted by Gasteiger charge is 2.19. The smallest absolute Gasteiger partial charge is 0.128 e. The predicted molar refractivity (Wildman–Crippen MR) is 120 cm³/mol. The molecule has 2 aromatic rings. The second-order valence-corrected chi connectivity index (χ2v) is 7.45. The van der Waals surface area contributed by atoms with Gasteiger partial charge in [0.05, 0.1) is 40.6 Å². The van der Waals surface area contributed by atoms with E-state index < -0.39 is 0 Å². The van der Waals surface area contributed by atoms with E-state index in [0.29, 0.717) is 0 Å². The van der Waals surface area contributed by atoms with E-state index in [1.165, 1.54) is 0 Å². The molecule has 0 unspecified atom stereocenters. The molecule has 0 bridgehead atoms. The third kappa shape index (κ3) is 4.25. The van der Waals surface area contributed by atoms with Gasteiger partial charge in [-0.2, -0.15) is 0 Å². The van der Waals surface area contributed by atoms with Gasteiger partial charge in [0.1, 0.15) is 11.5 Å². The maximum atomic E-state index is 5.73. The largest absolute Gasteiger partial charge is 0.496 e. The summed E-state index contributed by atoms with van der Waals surface area (Å²) >= 11 is 0. The van der Waals surface area contributed by atoms with Gasteiger partial charge in [-0.05, 0) is 29.8 Å². The van der Waals surface area contributed by atoms with Crippen LogP contribution in [-0.2, 0) is 9.47 Å². The minimum absolute atomic E-state index is 0.753. The summed E-state index contributed by atoms with van der Waals surface area (Å²) < 4.78 is 22.4. The Bertz CT molecular complexity index is 815. The number of benzene rings is 2. The van der Waals surface area contributed by atoms with Crippen LogP contribution in [0.5, 0.6) is 11.5 Å². The number of hydrogen-bond donors (Lipinski definition) is 0. The Morgan fingerprint density at radius 3 is 1.50 bits per heavy atom. The first-order chi connectivity index (χ1) is 14.7. The average Bonchev–Trinajstić information content (AvgIpc) is 2.84. The molecule has 6 nitrogen and oxygen atoms in total. The van der Waals surface area contributed by atoms with Gasteiger partial charge in [0.25, 0.3) is 0 Å². The molecule has 0 aromatic heterocycles. The summed E-state index contributed by atoms with van der Waals surface area (Å²) in [5.74, 6) is 1.62. The topological polar surface area (TPSA) is 43.4 Å². The van der Waals surface area contributed by atoms with Crippen LogP contribution >= 0.6 is 0 Å². The summed E-state index contributed by atoms with van der Waals surface area (Å²) in [5, 5.41) is 0. The van der Waals surface area contributed by atoms with E-state index in [0.717, 1.165) is 92.2 Å². The number of hydrogen-bond acceptors (Lipinski definition) is 6. The van der Waals surface area contributed by atoms with Crippen LogP contribution in [-0.4, -0.2) is 66.8 Å². The van der Waals surface area contributed by atoms with Crippen molar-refractivity contribution >= 4 is 16.9 Å². The van der Waals surface area contributed by atoms with Crippen molar-refractivity contribution in [2.24, 2.45) is 0 Å². The molecule has 0 aliphatic carbocycles. The van der Waals surface area contributed by atoms with E-state index in [9.17, 15) is 0 Å². The zero-order chi connectivity index (χ0) is 20.9. The highest BCUT2D eigenvalue weighted by atomic mass is 16.5. The Morgan fingerprint density at radius 1 is 0.733 bits per heavy atom. The Labute approximate surface area is 178 Å². The fourth-order valence-corrected chi connectivity index (χ4v) is 4.04. The van der Waals surface area contributed by atoms with Crippen LogP contribution < -0.4 is 19.3 Å². The second kappa shape index (κ2) is 9.41. The number of rotatable bonds is 6. The van der Waals surface area contributed by atoms with E-state index in [2.05, 4.69) is 52.8 Å². The zero-order valence-corrected chi connectivity index (χ0v) is 17.9. The lowest BCUT2D eigenvalue weighted by Gasteiger charge is -2.30. The van der Waals surface area contributed by atoms with Crippen LogP contribution in [0.2, 0.25) is 0 Å². The highest BCUT2D eigenvalue weighted by molar-refractivity contribution is 5.85. The first kappa shape index (κ1) is 20.6. The van der Waals surface area contributed by atoms with Crippen molar-refractivity contribution < 1.29 is 18.9 Å². The van der Waals surface area contributed by atoms with Gasteiger partial charge in [0.2, 0.25) is 0 Å². The molecule has 0 radical (unpaired) electrons. The summed E-state index contributed by atoms with van der Waals surface area (Å²) in [7, 11) is 3.40. The van der Waals surface area contributed by atoms with Crippen molar-refractivity contribution in [3.8, 4) is 11.5 Å². The standard InChI is InChI=1S/C24H30N2O4/c1-18(21-6-4-19(16-23(21)27-2)25-8-12-29-13-9-25)22-7-5-20(17-24(22)28-3)26-10-14-30-15-11-26/h4-7,16-17H,1,8-15H2,2-3H3. The van der Waals surface area contributed by atoms with Crippen LogP contribution in [0.4, 0.5) is 11.4 Å². The van der Waals surface area contributed by atoms with Crippen molar-refractivity contribution in [2.75, 3.05) is 76.6 Å². The van der Waals surface area contributed by atoms with Crippen molar-refractivity contribution in [3.63, 3.8) is 0 Å². The molecule has 0 N–H and O–H groups in total. The predicted octanol–water partition coefficient (Wildman–Crippen LogP) is 3.44. The van der Waals surface area contributed by atoms with Gasteiger partial charge >= 0.3 is 0 Å². The SMILES string of the molecule is C=C(c1ccc(N2CCOCC2)cc1OC)c1ccc(N2CCOCC2)cc1OC. The minimum atomic E-state index is 0.753. The third-order valence-electron chi connectivity index (χ3n) is 5.77. The molecule has 2 aromatic carbocycles. The van der Waals surface area contributed by atoms with Gasteiger partial charge in [-0.3, -0.25) is 0 Å². The third-order valence-corrected chi connectivity index (χ3v) is 5.77. The van der Waals surface area contributed by atoms with E-state index in [1.807, 2.05) is 0 Å². The van der Waals surface area contributed by atoms with Crippen LogP contribution in [0.3, 0.4) is 0 Å². The highest BCUT2D eigenvalue weighted by Crippen LogP contribution is 2.38. The van der Waals surface area contributed by atoms with Crippen LogP contribution in [0.15, 0.2) is 43.0 Å². The van der Waals surface area contributed by atoms with Crippen LogP contribution in [0.1, 0.15) is 11.1 Å². The average molecular weight is 411 g/mol. The molecule has 0 amide bonds. The molecule has 30 heavy (non-hydrogen) atoms. The summed E-state index contributed by atoms with van der Waals surface area (Å²) in [6.45, 7) is 10.9. The lowest BCUT2D eigenvalue weighted by Crippen LogP contribution is -2.36. The fourth-order valence-electron chi connectivity index (χ4n) is 4.04. The maximum Gasteiger partial charge on any atom is 0.128 e. The Morgan fingerprint density at radius 2 is 1.13 bits per heavy atom. The van der Waals surface area contributed by atoms with E-state index in [4.69, 9.17) is 18.9 Å². The molecule has 0 spiro atoms. The number of anilines is 2. The van der Waals surface area contributed by atoms with Crippen molar-refractivity contribution in [1.29, 1.82) is 0 Å². The Kier molecular flexibility index (Phi) is 6.45. The second-order valence-electron chi connectivity index (χ2n) is 7.45. The molecule has 2 fully saturated rings. The normalized spacial score (nSPS) is 17.0. The molecule has 0 atom stereocenters. The molecule has 2 aliphatic rings. The lowest BCUT2D eigenvalue weighted by molar-refractivity contribution is 0.122. The number of nitrogens with zero attached hydrogens (tertiary/aromatic N) is 2. The van der Waals surface area contributed by atoms with Gasteiger partial charge in [-0.25, -0.2) is 0 Å². The molecule has 6 heteroatoms. The number of morpholine rings is 2. The first-order valence-electron chi connectivity index (χ1n) is 10.4.